The van der Waals surface area contributed by atoms with Crippen molar-refractivity contribution in [3.63, 3.8) is 0 Å². The van der Waals surface area contributed by atoms with Gasteiger partial charge in [-0.15, -0.1) is 6.58 Å². The van der Waals surface area contributed by atoms with Gasteiger partial charge in [-0.25, -0.2) is 0 Å². The molecular formula is C26H29N2O+. The SMILES string of the molecule is C=CC1C[N+]2(Cc3ccccc3)CC[C@H]1C[C@@H]2[C@@H](O)c1ccnc2ccccc12. The number of piperidine rings is 3. The van der Waals surface area contributed by atoms with E-state index in [4.69, 9.17) is 0 Å². The first-order chi connectivity index (χ1) is 14.2. The van der Waals surface area contributed by atoms with Gasteiger partial charge in [-0.1, -0.05) is 54.6 Å². The second-order valence-corrected chi connectivity index (χ2v) is 8.88. The van der Waals surface area contributed by atoms with Gasteiger partial charge in [0.25, 0.3) is 0 Å². The Morgan fingerprint density at radius 2 is 1.90 bits per heavy atom. The third-order valence-electron chi connectivity index (χ3n) is 7.38. The number of rotatable bonds is 5. The molecule has 3 nitrogen and oxygen atoms in total. The van der Waals surface area contributed by atoms with E-state index in [0.717, 1.165) is 47.0 Å². The standard InChI is InChI=1S/C26H29N2O/c1-2-20-18-28(17-19-8-4-3-5-9-19)15-13-21(20)16-25(28)26(29)23-12-14-27-24-11-7-6-10-22(23)24/h2-12,14,20-21,25-26,29H,1,13,15-18H2/q+1/t20?,21-,25+,26-,28?/m0/s1. The van der Waals surface area contributed by atoms with Crippen LogP contribution < -0.4 is 0 Å². The zero-order chi connectivity index (χ0) is 19.8. The van der Waals surface area contributed by atoms with Crippen molar-refractivity contribution in [1.82, 2.24) is 4.98 Å². The molecule has 5 atom stereocenters. The van der Waals surface area contributed by atoms with E-state index in [1.54, 1.807) is 0 Å². The van der Waals surface area contributed by atoms with Crippen LogP contribution in [0, 0.1) is 11.8 Å². The predicted octanol–water partition coefficient (Wildman–Crippen LogP) is 4.88. The predicted molar refractivity (Wildman–Crippen MR) is 117 cm³/mol. The van der Waals surface area contributed by atoms with Crippen molar-refractivity contribution in [3.05, 3.63) is 90.6 Å². The number of hydrogen-bond donors (Lipinski definition) is 1. The Morgan fingerprint density at radius 3 is 2.72 bits per heavy atom. The maximum atomic E-state index is 11.7. The molecule has 0 spiro atoms. The van der Waals surface area contributed by atoms with E-state index >= 15 is 0 Å². The van der Waals surface area contributed by atoms with Gasteiger partial charge in [0.2, 0.25) is 0 Å². The molecular weight excluding hydrogens is 356 g/mol. The molecule has 4 heterocycles. The topological polar surface area (TPSA) is 33.1 Å². The lowest BCUT2D eigenvalue weighted by molar-refractivity contribution is -0.984. The van der Waals surface area contributed by atoms with Gasteiger partial charge in [0, 0.05) is 35.9 Å². The number of benzene rings is 2. The van der Waals surface area contributed by atoms with Crippen LogP contribution in [0.4, 0.5) is 0 Å². The summed E-state index contributed by atoms with van der Waals surface area (Å²) >= 11 is 0. The highest BCUT2D eigenvalue weighted by molar-refractivity contribution is 5.82. The summed E-state index contributed by atoms with van der Waals surface area (Å²) in [5, 5.41) is 12.8. The number of para-hydroxylation sites is 1. The average Bonchev–Trinajstić information content (AvgIpc) is 2.78. The second-order valence-electron chi connectivity index (χ2n) is 8.88. The number of quaternary nitrogens is 1. The van der Waals surface area contributed by atoms with Gasteiger partial charge in [0.1, 0.15) is 18.7 Å². The fourth-order valence-corrected chi connectivity index (χ4v) is 5.91. The smallest absolute Gasteiger partial charge is 0.131 e. The maximum Gasteiger partial charge on any atom is 0.131 e. The van der Waals surface area contributed by atoms with Gasteiger partial charge in [-0.3, -0.25) is 4.98 Å². The van der Waals surface area contributed by atoms with E-state index in [2.05, 4.69) is 54.0 Å². The van der Waals surface area contributed by atoms with Crippen molar-refractivity contribution >= 4 is 10.9 Å². The highest BCUT2D eigenvalue weighted by Crippen LogP contribution is 2.47. The van der Waals surface area contributed by atoms with E-state index in [1.807, 2.05) is 30.5 Å². The lowest BCUT2D eigenvalue weighted by Gasteiger charge is -2.58. The minimum absolute atomic E-state index is 0.205. The van der Waals surface area contributed by atoms with Crippen LogP contribution in [0.5, 0.6) is 0 Å². The molecule has 3 heteroatoms. The molecule has 3 aliphatic heterocycles. The molecule has 3 aromatic rings. The van der Waals surface area contributed by atoms with Crippen molar-refractivity contribution in [1.29, 1.82) is 0 Å². The van der Waals surface area contributed by atoms with Crippen LogP contribution in [-0.4, -0.2) is 33.7 Å². The summed E-state index contributed by atoms with van der Waals surface area (Å²) in [4.78, 5) is 4.50. The molecule has 0 saturated carbocycles. The molecule has 0 amide bonds. The van der Waals surface area contributed by atoms with Crippen molar-refractivity contribution in [2.45, 2.75) is 31.5 Å². The number of nitrogens with zero attached hydrogens (tertiary/aromatic N) is 2. The number of aliphatic hydroxyl groups excluding tert-OH is 1. The van der Waals surface area contributed by atoms with Crippen molar-refractivity contribution in [2.24, 2.45) is 11.8 Å². The zero-order valence-electron chi connectivity index (χ0n) is 16.8. The second kappa shape index (κ2) is 7.40. The summed E-state index contributed by atoms with van der Waals surface area (Å²) in [6.07, 6.45) is 5.79. The minimum Gasteiger partial charge on any atom is -0.382 e. The molecule has 3 saturated heterocycles. The van der Waals surface area contributed by atoms with E-state index in [9.17, 15) is 5.11 Å². The quantitative estimate of drug-likeness (QED) is 0.502. The molecule has 1 N–H and O–H groups in total. The number of hydrogen-bond acceptors (Lipinski definition) is 2. The summed E-state index contributed by atoms with van der Waals surface area (Å²) in [5.41, 5.74) is 3.33. The van der Waals surface area contributed by atoms with Crippen LogP contribution in [0.2, 0.25) is 0 Å². The molecule has 0 radical (unpaired) electrons. The fraction of sp³-hybridized carbons (Fsp3) is 0.346. The van der Waals surface area contributed by atoms with Gasteiger partial charge in [0.05, 0.1) is 18.6 Å². The number of fused-ring (bicyclic) bond motifs is 4. The average molecular weight is 386 g/mol. The van der Waals surface area contributed by atoms with E-state index in [0.29, 0.717) is 11.8 Å². The Bertz CT molecular complexity index is 1010. The van der Waals surface area contributed by atoms with Gasteiger partial charge in [-0.05, 0) is 23.6 Å². The molecule has 6 rings (SSSR count). The Hall–Kier alpha value is -2.49. The first kappa shape index (κ1) is 18.5. The molecule has 29 heavy (non-hydrogen) atoms. The van der Waals surface area contributed by atoms with Crippen molar-refractivity contribution in [2.75, 3.05) is 13.1 Å². The third kappa shape index (κ3) is 3.19. The normalized spacial score (nSPS) is 29.6. The monoisotopic (exact) mass is 385 g/mol. The van der Waals surface area contributed by atoms with Gasteiger partial charge < -0.3 is 9.59 Å². The first-order valence-corrected chi connectivity index (χ1v) is 10.7. The van der Waals surface area contributed by atoms with E-state index < -0.39 is 6.10 Å². The Morgan fingerprint density at radius 1 is 1.10 bits per heavy atom. The zero-order valence-corrected chi connectivity index (χ0v) is 16.8. The van der Waals surface area contributed by atoms with Crippen LogP contribution >= 0.6 is 0 Å². The summed E-state index contributed by atoms with van der Waals surface area (Å²) in [7, 11) is 0. The van der Waals surface area contributed by atoms with Crippen LogP contribution in [0.15, 0.2) is 79.5 Å². The van der Waals surface area contributed by atoms with Gasteiger partial charge in [0.15, 0.2) is 0 Å². The molecule has 148 valence electrons. The largest absolute Gasteiger partial charge is 0.382 e. The van der Waals surface area contributed by atoms with Crippen molar-refractivity contribution in [3.8, 4) is 0 Å². The molecule has 2 aromatic carbocycles. The first-order valence-electron chi connectivity index (χ1n) is 10.7. The Labute approximate surface area is 172 Å². The fourth-order valence-electron chi connectivity index (χ4n) is 5.91. The molecule has 1 aromatic heterocycles. The summed E-state index contributed by atoms with van der Waals surface area (Å²) < 4.78 is 0.953. The Balaban J connectivity index is 1.56. The summed E-state index contributed by atoms with van der Waals surface area (Å²) in [6, 6.07) is 21.2. The van der Waals surface area contributed by atoms with Crippen LogP contribution in [0.25, 0.3) is 10.9 Å². The molecule has 3 aliphatic rings. The van der Waals surface area contributed by atoms with Gasteiger partial charge >= 0.3 is 0 Å². The van der Waals surface area contributed by atoms with Gasteiger partial charge in [-0.2, -0.15) is 0 Å². The molecule has 2 bridgehead atoms. The van der Waals surface area contributed by atoms with E-state index in [-0.39, 0.29) is 6.04 Å². The maximum absolute atomic E-state index is 11.7. The minimum atomic E-state index is -0.486. The van der Waals surface area contributed by atoms with Crippen LogP contribution in [0.1, 0.15) is 30.1 Å². The molecule has 2 unspecified atom stereocenters. The Kier molecular flexibility index (Phi) is 4.73. The number of pyridine rings is 1. The van der Waals surface area contributed by atoms with Crippen molar-refractivity contribution < 1.29 is 9.59 Å². The van der Waals surface area contributed by atoms with Crippen LogP contribution in [-0.2, 0) is 6.54 Å². The highest BCUT2D eigenvalue weighted by Gasteiger charge is 2.53. The number of aliphatic hydroxyl groups is 1. The van der Waals surface area contributed by atoms with E-state index in [1.165, 1.54) is 12.0 Å². The summed E-state index contributed by atoms with van der Waals surface area (Å²) in [6.45, 7) is 7.32. The van der Waals surface area contributed by atoms with Crippen LogP contribution in [0.3, 0.4) is 0 Å². The lowest BCUT2D eigenvalue weighted by Crippen LogP contribution is -2.67. The lowest BCUT2D eigenvalue weighted by atomic mass is 9.71. The number of aromatic nitrogens is 1. The molecule has 0 aliphatic carbocycles. The highest BCUT2D eigenvalue weighted by atomic mass is 16.3. The summed E-state index contributed by atoms with van der Waals surface area (Å²) in [5.74, 6) is 1.18. The third-order valence-corrected chi connectivity index (χ3v) is 7.38. The molecule has 3 fully saturated rings.